The fourth-order valence-corrected chi connectivity index (χ4v) is 3.16. The predicted octanol–water partition coefficient (Wildman–Crippen LogP) is 2.14. The lowest BCUT2D eigenvalue weighted by molar-refractivity contribution is 0.0697. The lowest BCUT2D eigenvalue weighted by Gasteiger charge is -2.32. The average molecular weight is 370 g/mol. The molecule has 3 rings (SSSR count). The average Bonchev–Trinajstić information content (AvgIpc) is 2.67. The van der Waals surface area contributed by atoms with E-state index in [-0.39, 0.29) is 34.9 Å². The highest BCUT2D eigenvalue weighted by Gasteiger charge is 2.25. The van der Waals surface area contributed by atoms with Crippen molar-refractivity contribution in [2.24, 2.45) is 0 Å². The Balaban J connectivity index is 1.56. The summed E-state index contributed by atoms with van der Waals surface area (Å²) in [6, 6.07) is 10.8. The second-order valence-electron chi connectivity index (χ2n) is 6.51. The van der Waals surface area contributed by atoms with Gasteiger partial charge in [0.2, 0.25) is 0 Å². The molecule has 1 saturated heterocycles. The van der Waals surface area contributed by atoms with E-state index in [9.17, 15) is 19.8 Å². The normalized spacial score (nSPS) is 14.6. The molecule has 7 heteroatoms. The third-order valence-corrected chi connectivity index (χ3v) is 4.60. The molecule has 2 amide bonds. The molecule has 0 saturated carbocycles. The van der Waals surface area contributed by atoms with Crippen molar-refractivity contribution in [3.8, 4) is 17.2 Å². The van der Waals surface area contributed by atoms with Crippen molar-refractivity contribution in [2.75, 3.05) is 20.2 Å². The van der Waals surface area contributed by atoms with Crippen LogP contribution in [0.3, 0.4) is 0 Å². The summed E-state index contributed by atoms with van der Waals surface area (Å²) in [4.78, 5) is 26.6. The topological polar surface area (TPSA) is 99.1 Å². The molecule has 0 aliphatic carbocycles. The number of phenolic OH excluding ortho intramolecular Hbond substituents is 2. The molecule has 27 heavy (non-hydrogen) atoms. The molecule has 1 fully saturated rings. The van der Waals surface area contributed by atoms with Gasteiger partial charge in [0.05, 0.1) is 7.11 Å². The Labute approximate surface area is 157 Å². The molecule has 2 aromatic carbocycles. The van der Waals surface area contributed by atoms with Crippen LogP contribution in [0, 0.1) is 0 Å². The molecule has 2 aromatic rings. The van der Waals surface area contributed by atoms with Crippen LogP contribution in [0.2, 0.25) is 0 Å². The third kappa shape index (κ3) is 4.49. The van der Waals surface area contributed by atoms with E-state index in [1.165, 1.54) is 18.2 Å². The van der Waals surface area contributed by atoms with E-state index in [1.54, 1.807) is 36.3 Å². The van der Waals surface area contributed by atoms with Gasteiger partial charge < -0.3 is 25.2 Å². The molecule has 1 aliphatic rings. The van der Waals surface area contributed by atoms with Crippen LogP contribution in [0.4, 0.5) is 0 Å². The smallest absolute Gasteiger partial charge is 0.254 e. The number of likely N-dealkylation sites (tertiary alicyclic amines) is 1. The first-order valence-electron chi connectivity index (χ1n) is 8.73. The monoisotopic (exact) mass is 370 g/mol. The zero-order valence-electron chi connectivity index (χ0n) is 15.0. The summed E-state index contributed by atoms with van der Waals surface area (Å²) in [5, 5.41) is 22.1. The highest BCUT2D eigenvalue weighted by atomic mass is 16.5. The minimum absolute atomic E-state index is 0.0228. The van der Waals surface area contributed by atoms with Crippen LogP contribution in [0.5, 0.6) is 17.2 Å². The summed E-state index contributed by atoms with van der Waals surface area (Å²) in [5.41, 5.74) is 0.773. The fourth-order valence-electron chi connectivity index (χ4n) is 3.16. The largest absolute Gasteiger partial charge is 0.508 e. The second-order valence-corrected chi connectivity index (χ2v) is 6.51. The number of amides is 2. The zero-order chi connectivity index (χ0) is 19.4. The van der Waals surface area contributed by atoms with Gasteiger partial charge in [-0.15, -0.1) is 0 Å². The van der Waals surface area contributed by atoms with Crippen molar-refractivity contribution < 1.29 is 24.5 Å². The Morgan fingerprint density at radius 2 is 1.70 bits per heavy atom. The Bertz CT molecular complexity index is 824. The number of phenols is 2. The minimum Gasteiger partial charge on any atom is -0.508 e. The van der Waals surface area contributed by atoms with Crippen LogP contribution >= 0.6 is 0 Å². The molecule has 0 bridgehead atoms. The molecule has 1 heterocycles. The number of rotatable bonds is 4. The maximum absolute atomic E-state index is 12.5. The van der Waals surface area contributed by atoms with Crippen molar-refractivity contribution >= 4 is 11.8 Å². The van der Waals surface area contributed by atoms with Gasteiger partial charge in [0.1, 0.15) is 17.2 Å². The highest BCUT2D eigenvalue weighted by molar-refractivity contribution is 5.96. The van der Waals surface area contributed by atoms with Gasteiger partial charge in [-0.2, -0.15) is 0 Å². The number of ether oxygens (including phenoxy) is 1. The third-order valence-electron chi connectivity index (χ3n) is 4.60. The fraction of sp³-hybridized carbons (Fsp3) is 0.300. The van der Waals surface area contributed by atoms with Crippen molar-refractivity contribution in [3.05, 3.63) is 53.6 Å². The predicted molar refractivity (Wildman–Crippen MR) is 99.2 cm³/mol. The summed E-state index contributed by atoms with van der Waals surface area (Å²) in [6.07, 6.45) is 1.26. The van der Waals surface area contributed by atoms with Crippen molar-refractivity contribution in [3.63, 3.8) is 0 Å². The highest BCUT2D eigenvalue weighted by Crippen LogP contribution is 2.23. The number of carbonyl (C=O) groups excluding carboxylic acids is 2. The van der Waals surface area contributed by atoms with Crippen LogP contribution in [-0.2, 0) is 0 Å². The molecule has 0 spiro atoms. The minimum atomic E-state index is -0.251. The quantitative estimate of drug-likeness (QED) is 0.766. The molecular formula is C20H22N2O5. The standard InChI is InChI=1S/C20H22N2O5/c1-27-18-4-2-3-13(11-18)19(25)21-15-5-7-22(8-6-15)20(26)14-9-16(23)12-17(24)10-14/h2-4,9-12,15,23-24H,5-8H2,1H3,(H,21,25). The number of methoxy groups -OCH3 is 1. The van der Waals surface area contributed by atoms with Crippen molar-refractivity contribution in [1.82, 2.24) is 10.2 Å². The molecule has 0 unspecified atom stereocenters. The van der Waals surface area contributed by atoms with E-state index in [1.807, 2.05) is 0 Å². The van der Waals surface area contributed by atoms with E-state index in [0.29, 0.717) is 37.2 Å². The summed E-state index contributed by atoms with van der Waals surface area (Å²) >= 11 is 0. The van der Waals surface area contributed by atoms with Crippen molar-refractivity contribution in [2.45, 2.75) is 18.9 Å². The number of nitrogens with one attached hydrogen (secondary N) is 1. The molecule has 0 atom stereocenters. The summed E-state index contributed by atoms with van der Waals surface area (Å²) in [7, 11) is 1.55. The Kier molecular flexibility index (Phi) is 5.49. The number of hydrogen-bond acceptors (Lipinski definition) is 5. The first kappa shape index (κ1) is 18.6. The van der Waals surface area contributed by atoms with E-state index >= 15 is 0 Å². The van der Waals surface area contributed by atoms with Crippen LogP contribution in [-0.4, -0.2) is 53.2 Å². The van der Waals surface area contributed by atoms with Gasteiger partial charge in [-0.05, 0) is 43.2 Å². The molecular weight excluding hydrogens is 348 g/mol. The molecule has 0 radical (unpaired) electrons. The van der Waals surface area contributed by atoms with Crippen LogP contribution in [0.1, 0.15) is 33.6 Å². The van der Waals surface area contributed by atoms with Crippen molar-refractivity contribution in [1.29, 1.82) is 0 Å². The lowest BCUT2D eigenvalue weighted by atomic mass is 10.0. The van der Waals surface area contributed by atoms with E-state index in [4.69, 9.17) is 4.74 Å². The number of hydrogen-bond donors (Lipinski definition) is 3. The van der Waals surface area contributed by atoms with Gasteiger partial charge in [0.25, 0.3) is 11.8 Å². The van der Waals surface area contributed by atoms with Gasteiger partial charge in [0.15, 0.2) is 0 Å². The van der Waals surface area contributed by atoms with E-state index < -0.39 is 0 Å². The zero-order valence-corrected chi connectivity index (χ0v) is 15.0. The molecule has 3 N–H and O–H groups in total. The Morgan fingerprint density at radius 1 is 1.04 bits per heavy atom. The van der Waals surface area contributed by atoms with Crippen LogP contribution in [0.25, 0.3) is 0 Å². The van der Waals surface area contributed by atoms with Gasteiger partial charge in [-0.3, -0.25) is 9.59 Å². The molecule has 0 aromatic heterocycles. The number of nitrogens with zero attached hydrogens (tertiary/aromatic N) is 1. The number of benzene rings is 2. The van der Waals surface area contributed by atoms with Gasteiger partial charge in [0, 0.05) is 36.3 Å². The number of carbonyl (C=O) groups is 2. The Morgan fingerprint density at radius 3 is 2.33 bits per heavy atom. The number of piperidine rings is 1. The summed E-state index contributed by atoms with van der Waals surface area (Å²) in [5.74, 6) is -0.106. The maximum Gasteiger partial charge on any atom is 0.254 e. The van der Waals surface area contributed by atoms with E-state index in [2.05, 4.69) is 5.32 Å². The first-order valence-corrected chi connectivity index (χ1v) is 8.73. The van der Waals surface area contributed by atoms with E-state index in [0.717, 1.165) is 0 Å². The second kappa shape index (κ2) is 7.99. The SMILES string of the molecule is COc1cccc(C(=O)NC2CCN(C(=O)c3cc(O)cc(O)c3)CC2)c1. The van der Waals surface area contributed by atoms with Gasteiger partial charge >= 0.3 is 0 Å². The Hall–Kier alpha value is -3.22. The van der Waals surface area contributed by atoms with Crippen LogP contribution < -0.4 is 10.1 Å². The molecule has 142 valence electrons. The van der Waals surface area contributed by atoms with Gasteiger partial charge in [-0.25, -0.2) is 0 Å². The molecule has 7 nitrogen and oxygen atoms in total. The maximum atomic E-state index is 12.5. The molecule has 1 aliphatic heterocycles. The summed E-state index contributed by atoms with van der Waals surface area (Å²) < 4.78 is 5.13. The summed E-state index contributed by atoms with van der Waals surface area (Å²) in [6.45, 7) is 0.969. The lowest BCUT2D eigenvalue weighted by Crippen LogP contribution is -2.46. The first-order chi connectivity index (χ1) is 13.0. The van der Waals surface area contributed by atoms with Crippen LogP contribution in [0.15, 0.2) is 42.5 Å². The number of aromatic hydroxyl groups is 2. The van der Waals surface area contributed by atoms with Gasteiger partial charge in [-0.1, -0.05) is 6.07 Å².